The quantitative estimate of drug-likeness (QED) is 0.115. The van der Waals surface area contributed by atoms with E-state index in [-0.39, 0.29) is 38.8 Å². The molecule has 3 aliphatic rings. The molecule has 1 aliphatic carbocycles. The van der Waals surface area contributed by atoms with Crippen molar-refractivity contribution in [3.8, 4) is 11.5 Å². The first kappa shape index (κ1) is 32.6. The fourth-order valence-corrected chi connectivity index (χ4v) is 7.05. The van der Waals surface area contributed by atoms with Gasteiger partial charge in [-0.15, -0.1) is 0 Å². The fourth-order valence-electron chi connectivity index (χ4n) is 7.05. The van der Waals surface area contributed by atoms with E-state index >= 15 is 0 Å². The fraction of sp³-hybridized carbons (Fsp3) is 0.250. The zero-order valence-corrected chi connectivity index (χ0v) is 27.0. The number of ether oxygens (including phenoxy) is 4. The average molecular weight is 673 g/mol. The Morgan fingerprint density at radius 1 is 0.460 bits per heavy atom. The van der Waals surface area contributed by atoms with Gasteiger partial charge in [-0.1, -0.05) is 69.2 Å². The maximum absolute atomic E-state index is 13.0. The molecule has 2 aliphatic heterocycles. The molecule has 50 heavy (non-hydrogen) atoms. The maximum atomic E-state index is 13.0. The Labute approximate surface area is 287 Å². The molecule has 10 nitrogen and oxygen atoms in total. The second kappa shape index (κ2) is 13.5. The summed E-state index contributed by atoms with van der Waals surface area (Å²) in [6, 6.07) is 23.2. The summed E-state index contributed by atoms with van der Waals surface area (Å²) in [6.07, 6.45) is 9.70. The molecular formula is C40H32O10. The highest BCUT2D eigenvalue weighted by Crippen LogP contribution is 2.44. The highest BCUT2D eigenvalue weighted by molar-refractivity contribution is 6.16. The van der Waals surface area contributed by atoms with Crippen LogP contribution in [0.2, 0.25) is 0 Å². The first-order chi connectivity index (χ1) is 24.2. The Morgan fingerprint density at radius 2 is 0.820 bits per heavy atom. The van der Waals surface area contributed by atoms with Crippen LogP contribution >= 0.6 is 0 Å². The van der Waals surface area contributed by atoms with Crippen molar-refractivity contribution < 1.29 is 47.7 Å². The van der Waals surface area contributed by atoms with Crippen LogP contribution in [0.25, 0.3) is 0 Å². The van der Waals surface area contributed by atoms with Gasteiger partial charge in [0.2, 0.25) is 0 Å². The van der Waals surface area contributed by atoms with E-state index in [9.17, 15) is 28.8 Å². The van der Waals surface area contributed by atoms with Crippen LogP contribution in [0.15, 0.2) is 84.9 Å². The smallest absolute Gasteiger partial charge is 0.346 e. The summed E-state index contributed by atoms with van der Waals surface area (Å²) in [5.74, 6) is -3.74. The Kier molecular flexibility index (Phi) is 8.84. The molecule has 0 unspecified atom stereocenters. The van der Waals surface area contributed by atoms with E-state index in [0.29, 0.717) is 11.5 Å². The molecule has 4 aromatic rings. The van der Waals surface area contributed by atoms with E-state index in [4.69, 9.17) is 9.47 Å². The lowest BCUT2D eigenvalue weighted by atomic mass is 9.67. The van der Waals surface area contributed by atoms with Crippen LogP contribution in [0.4, 0.5) is 0 Å². The molecule has 0 amide bonds. The number of hydrogen-bond acceptors (Lipinski definition) is 10. The minimum Gasteiger partial charge on any atom is -0.423 e. The highest BCUT2D eigenvalue weighted by Gasteiger charge is 2.35. The Hall–Kier alpha value is -5.90. The van der Waals surface area contributed by atoms with Crippen LogP contribution < -0.4 is 9.47 Å². The van der Waals surface area contributed by atoms with Crippen LogP contribution in [-0.4, -0.2) is 35.8 Å². The van der Waals surface area contributed by atoms with Crippen molar-refractivity contribution in [1.29, 1.82) is 0 Å². The highest BCUT2D eigenvalue weighted by atomic mass is 16.6. The molecule has 10 heteroatoms. The molecule has 0 atom stereocenters. The molecule has 252 valence electrons. The lowest BCUT2D eigenvalue weighted by Crippen LogP contribution is -2.28. The molecule has 1 saturated carbocycles. The summed E-state index contributed by atoms with van der Waals surface area (Å²) in [4.78, 5) is 73.4. The van der Waals surface area contributed by atoms with Crippen molar-refractivity contribution in [2.75, 3.05) is 0 Å². The zero-order valence-electron chi connectivity index (χ0n) is 27.0. The summed E-state index contributed by atoms with van der Waals surface area (Å²) in [7, 11) is 0. The molecule has 0 aromatic heterocycles. The van der Waals surface area contributed by atoms with E-state index in [1.54, 1.807) is 24.3 Å². The van der Waals surface area contributed by atoms with Gasteiger partial charge in [0.1, 0.15) is 11.5 Å². The maximum Gasteiger partial charge on any atom is 0.346 e. The Balaban J connectivity index is 1.12. The summed E-state index contributed by atoms with van der Waals surface area (Å²) < 4.78 is 20.5. The third-order valence-corrected chi connectivity index (χ3v) is 9.70. The number of hydrogen-bond donors (Lipinski definition) is 0. The van der Waals surface area contributed by atoms with Crippen LogP contribution in [-0.2, 0) is 14.9 Å². The Bertz CT molecular complexity index is 1890. The second-order valence-corrected chi connectivity index (χ2v) is 12.8. The van der Waals surface area contributed by atoms with Crippen molar-refractivity contribution in [1.82, 2.24) is 0 Å². The average Bonchev–Trinajstić information content (AvgIpc) is 3.58. The minimum absolute atomic E-state index is 0.0334. The summed E-state index contributed by atoms with van der Waals surface area (Å²) in [6.45, 7) is 0. The molecule has 0 bridgehead atoms. The van der Waals surface area contributed by atoms with Gasteiger partial charge in [-0.2, -0.15) is 0 Å². The lowest BCUT2D eigenvalue weighted by Gasteiger charge is -2.36. The third kappa shape index (κ3) is 6.32. The van der Waals surface area contributed by atoms with Gasteiger partial charge in [-0.05, 0) is 84.6 Å². The number of esters is 6. The zero-order chi connectivity index (χ0) is 34.8. The summed E-state index contributed by atoms with van der Waals surface area (Å²) >= 11 is 0. The molecule has 4 aromatic carbocycles. The van der Waals surface area contributed by atoms with Gasteiger partial charge >= 0.3 is 35.8 Å². The summed E-state index contributed by atoms with van der Waals surface area (Å²) in [5, 5.41) is 0. The van der Waals surface area contributed by atoms with Crippen LogP contribution in [0.3, 0.4) is 0 Å². The van der Waals surface area contributed by atoms with Crippen molar-refractivity contribution in [3.63, 3.8) is 0 Å². The van der Waals surface area contributed by atoms with Gasteiger partial charge in [0.25, 0.3) is 0 Å². The van der Waals surface area contributed by atoms with E-state index in [0.717, 1.165) is 49.7 Å². The standard InChI is InChI=1S/C40H32O10/c41-34(24-8-18-30-32(22-24)38(45)49-36(30)43)47-28-14-10-26(11-15-28)40(20-6-4-2-1-3-5-7-21-40)27-12-16-29(17-13-27)48-35(42)25-9-19-31-33(23-25)39(46)50-37(31)44/h8-19,22-23H,1-7,20-21H2. The van der Waals surface area contributed by atoms with Crippen molar-refractivity contribution >= 4 is 35.8 Å². The largest absolute Gasteiger partial charge is 0.423 e. The molecule has 7 rings (SSSR count). The van der Waals surface area contributed by atoms with E-state index < -0.39 is 35.8 Å². The predicted molar refractivity (Wildman–Crippen MR) is 178 cm³/mol. The first-order valence-electron chi connectivity index (χ1n) is 16.7. The molecule has 2 heterocycles. The van der Waals surface area contributed by atoms with Crippen molar-refractivity contribution in [2.45, 2.75) is 63.2 Å². The minimum atomic E-state index is -0.794. The first-order valence-corrected chi connectivity index (χ1v) is 16.7. The Morgan fingerprint density at radius 3 is 1.22 bits per heavy atom. The molecule has 0 N–H and O–H groups in total. The van der Waals surface area contributed by atoms with Crippen molar-refractivity contribution in [3.05, 3.63) is 129 Å². The van der Waals surface area contributed by atoms with Crippen LogP contribution in [0.5, 0.6) is 11.5 Å². The number of fused-ring (bicyclic) bond motifs is 2. The van der Waals surface area contributed by atoms with E-state index in [1.807, 2.05) is 24.3 Å². The van der Waals surface area contributed by atoms with Gasteiger partial charge < -0.3 is 18.9 Å². The number of cyclic esters (lactones) is 4. The van der Waals surface area contributed by atoms with Gasteiger partial charge in [0.05, 0.1) is 33.4 Å². The van der Waals surface area contributed by atoms with Crippen molar-refractivity contribution in [2.24, 2.45) is 0 Å². The number of carbonyl (C=O) groups is 6. The molecular weight excluding hydrogens is 640 g/mol. The molecule has 0 radical (unpaired) electrons. The summed E-state index contributed by atoms with van der Waals surface area (Å²) in [5.41, 5.74) is 2.34. The normalized spacial score (nSPS) is 16.9. The molecule has 0 saturated heterocycles. The van der Waals surface area contributed by atoms with E-state index in [2.05, 4.69) is 9.47 Å². The lowest BCUT2D eigenvalue weighted by molar-refractivity contribution is 0.0425. The monoisotopic (exact) mass is 672 g/mol. The van der Waals surface area contributed by atoms with Gasteiger partial charge in [0.15, 0.2) is 0 Å². The third-order valence-electron chi connectivity index (χ3n) is 9.70. The van der Waals surface area contributed by atoms with Gasteiger partial charge in [-0.25, -0.2) is 28.8 Å². The van der Waals surface area contributed by atoms with Gasteiger partial charge in [-0.3, -0.25) is 0 Å². The van der Waals surface area contributed by atoms with Crippen LogP contribution in [0.1, 0.15) is 131 Å². The number of rotatable bonds is 6. The number of carbonyl (C=O) groups excluding carboxylic acids is 6. The number of benzene rings is 4. The molecule has 1 fully saturated rings. The van der Waals surface area contributed by atoms with Crippen LogP contribution in [0, 0.1) is 0 Å². The SMILES string of the molecule is O=C(Oc1ccc(C2(c3ccc(OC(=O)c4ccc5c(c4)C(=O)OC5=O)cc3)CCCCCCCCC2)cc1)c1ccc2c(c1)C(=O)OC2=O. The van der Waals surface area contributed by atoms with Gasteiger partial charge in [0, 0.05) is 5.41 Å². The second-order valence-electron chi connectivity index (χ2n) is 12.8. The molecule has 0 spiro atoms. The predicted octanol–water partition coefficient (Wildman–Crippen LogP) is 7.56. The van der Waals surface area contributed by atoms with E-state index in [1.165, 1.54) is 55.7 Å². The topological polar surface area (TPSA) is 139 Å².